The van der Waals surface area contributed by atoms with Crippen molar-refractivity contribution in [3.8, 4) is 0 Å². The monoisotopic (exact) mass is 422 g/mol. The number of para-hydroxylation sites is 1. The standard InChI is InChI=1S/C24H26N2O3S/c1-2-21-13-9-10-16-23(21)25-24(27)19-26(18-17-20-11-5-3-6-12-20)30(28,29)22-14-7-4-8-15-22/h3-16H,2,17-19H2,1H3,(H,25,27). The van der Waals surface area contributed by atoms with Crippen molar-refractivity contribution in [1.82, 2.24) is 4.31 Å². The van der Waals surface area contributed by atoms with Gasteiger partial charge in [-0.05, 0) is 42.2 Å². The number of benzene rings is 3. The molecule has 0 saturated heterocycles. The van der Waals surface area contributed by atoms with Gasteiger partial charge in [-0.25, -0.2) is 8.42 Å². The topological polar surface area (TPSA) is 66.5 Å². The number of amides is 1. The Morgan fingerprint density at radius 1 is 0.867 bits per heavy atom. The molecular formula is C24H26N2O3S. The highest BCUT2D eigenvalue weighted by Gasteiger charge is 2.26. The first-order valence-corrected chi connectivity index (χ1v) is 11.4. The highest BCUT2D eigenvalue weighted by atomic mass is 32.2. The molecule has 0 saturated carbocycles. The largest absolute Gasteiger partial charge is 0.325 e. The first kappa shape index (κ1) is 21.7. The van der Waals surface area contributed by atoms with Crippen molar-refractivity contribution < 1.29 is 13.2 Å². The fourth-order valence-electron chi connectivity index (χ4n) is 3.22. The summed E-state index contributed by atoms with van der Waals surface area (Å²) in [7, 11) is -3.80. The number of hydrogen-bond donors (Lipinski definition) is 1. The second kappa shape index (κ2) is 10.2. The van der Waals surface area contributed by atoms with Crippen LogP contribution in [0.3, 0.4) is 0 Å². The summed E-state index contributed by atoms with van der Waals surface area (Å²) in [6.45, 7) is 1.98. The van der Waals surface area contributed by atoms with Crippen LogP contribution in [-0.4, -0.2) is 31.7 Å². The van der Waals surface area contributed by atoms with Gasteiger partial charge in [0.25, 0.3) is 0 Å². The summed E-state index contributed by atoms with van der Waals surface area (Å²) in [5.74, 6) is -0.358. The van der Waals surface area contributed by atoms with E-state index in [4.69, 9.17) is 0 Å². The van der Waals surface area contributed by atoms with Gasteiger partial charge in [0.2, 0.25) is 15.9 Å². The third-order valence-corrected chi connectivity index (χ3v) is 6.73. The summed E-state index contributed by atoms with van der Waals surface area (Å²) < 4.78 is 27.7. The molecule has 0 aliphatic carbocycles. The molecule has 5 nitrogen and oxygen atoms in total. The molecule has 0 heterocycles. The molecule has 3 rings (SSSR count). The van der Waals surface area contributed by atoms with E-state index >= 15 is 0 Å². The summed E-state index contributed by atoms with van der Waals surface area (Å²) in [6.07, 6.45) is 1.29. The lowest BCUT2D eigenvalue weighted by atomic mass is 10.1. The maximum absolute atomic E-state index is 13.2. The third-order valence-electron chi connectivity index (χ3n) is 4.87. The van der Waals surface area contributed by atoms with Crippen LogP contribution in [0.1, 0.15) is 18.1 Å². The predicted octanol–water partition coefficient (Wildman–Crippen LogP) is 4.12. The van der Waals surface area contributed by atoms with Gasteiger partial charge >= 0.3 is 0 Å². The van der Waals surface area contributed by atoms with Crippen molar-refractivity contribution in [2.75, 3.05) is 18.4 Å². The Bertz CT molecular complexity index is 1070. The molecule has 0 atom stereocenters. The maximum atomic E-state index is 13.2. The van der Waals surface area contributed by atoms with Crippen molar-refractivity contribution in [2.45, 2.75) is 24.7 Å². The summed E-state index contributed by atoms with van der Waals surface area (Å²) >= 11 is 0. The molecule has 6 heteroatoms. The van der Waals surface area contributed by atoms with Crippen LogP contribution in [0.2, 0.25) is 0 Å². The smallest absolute Gasteiger partial charge is 0.243 e. The van der Waals surface area contributed by atoms with Gasteiger partial charge in [0.15, 0.2) is 0 Å². The first-order valence-electron chi connectivity index (χ1n) is 9.97. The molecule has 0 aromatic heterocycles. The molecule has 30 heavy (non-hydrogen) atoms. The number of rotatable bonds is 9. The number of anilines is 1. The highest BCUT2D eigenvalue weighted by molar-refractivity contribution is 7.89. The molecule has 1 amide bonds. The number of aryl methyl sites for hydroxylation is 1. The van der Waals surface area contributed by atoms with Crippen molar-refractivity contribution in [3.05, 3.63) is 96.1 Å². The lowest BCUT2D eigenvalue weighted by Crippen LogP contribution is -2.39. The normalized spacial score (nSPS) is 11.4. The Kier molecular flexibility index (Phi) is 7.38. The Morgan fingerprint density at radius 2 is 1.47 bits per heavy atom. The average Bonchev–Trinajstić information content (AvgIpc) is 2.78. The van der Waals surface area contributed by atoms with Gasteiger partial charge in [0, 0.05) is 12.2 Å². The van der Waals surface area contributed by atoms with Crippen LogP contribution in [0.15, 0.2) is 89.8 Å². The number of nitrogens with zero attached hydrogens (tertiary/aromatic N) is 1. The lowest BCUT2D eigenvalue weighted by Gasteiger charge is -2.22. The van der Waals surface area contributed by atoms with E-state index in [-0.39, 0.29) is 23.9 Å². The zero-order chi connectivity index (χ0) is 21.4. The Morgan fingerprint density at radius 3 is 2.13 bits per heavy atom. The molecular weight excluding hydrogens is 396 g/mol. The number of nitrogens with one attached hydrogen (secondary N) is 1. The lowest BCUT2D eigenvalue weighted by molar-refractivity contribution is -0.116. The molecule has 3 aromatic rings. The Labute approximate surface area is 178 Å². The number of carbonyl (C=O) groups is 1. The SMILES string of the molecule is CCc1ccccc1NC(=O)CN(CCc1ccccc1)S(=O)(=O)c1ccccc1. The van der Waals surface area contributed by atoms with Crippen LogP contribution >= 0.6 is 0 Å². The minimum Gasteiger partial charge on any atom is -0.325 e. The van der Waals surface area contributed by atoms with Gasteiger partial charge in [-0.15, -0.1) is 0 Å². The van der Waals surface area contributed by atoms with Gasteiger partial charge in [-0.3, -0.25) is 4.79 Å². The summed E-state index contributed by atoms with van der Waals surface area (Å²) in [5, 5.41) is 2.87. The second-order valence-corrected chi connectivity index (χ2v) is 8.88. The fraction of sp³-hybridized carbons (Fsp3) is 0.208. The van der Waals surface area contributed by atoms with Crippen LogP contribution in [0, 0.1) is 0 Å². The van der Waals surface area contributed by atoms with E-state index in [1.165, 1.54) is 4.31 Å². The summed E-state index contributed by atoms with van der Waals surface area (Å²) in [4.78, 5) is 12.9. The maximum Gasteiger partial charge on any atom is 0.243 e. The first-order chi connectivity index (χ1) is 14.5. The van der Waals surface area contributed by atoms with Crippen molar-refractivity contribution in [1.29, 1.82) is 0 Å². The number of sulfonamides is 1. The fourth-order valence-corrected chi connectivity index (χ4v) is 4.64. The van der Waals surface area contributed by atoms with Crippen LogP contribution in [0.5, 0.6) is 0 Å². The van der Waals surface area contributed by atoms with Gasteiger partial charge in [0.1, 0.15) is 0 Å². The van der Waals surface area contributed by atoms with Gasteiger partial charge in [0.05, 0.1) is 11.4 Å². The second-order valence-electron chi connectivity index (χ2n) is 6.95. The third kappa shape index (κ3) is 5.55. The van der Waals surface area contributed by atoms with E-state index in [1.807, 2.05) is 61.5 Å². The summed E-state index contributed by atoms with van der Waals surface area (Å²) in [5.41, 5.74) is 2.74. The summed E-state index contributed by atoms with van der Waals surface area (Å²) in [6, 6.07) is 25.4. The van der Waals surface area contributed by atoms with E-state index in [2.05, 4.69) is 5.32 Å². The van der Waals surface area contributed by atoms with Crippen molar-refractivity contribution >= 4 is 21.6 Å². The molecule has 156 valence electrons. The van der Waals surface area contributed by atoms with Crippen LogP contribution in [0.25, 0.3) is 0 Å². The quantitative estimate of drug-likeness (QED) is 0.564. The number of carbonyl (C=O) groups excluding carboxylic acids is 1. The number of hydrogen-bond acceptors (Lipinski definition) is 3. The van der Waals surface area contributed by atoms with Crippen LogP contribution < -0.4 is 5.32 Å². The van der Waals surface area contributed by atoms with Gasteiger partial charge in [-0.2, -0.15) is 4.31 Å². The zero-order valence-corrected chi connectivity index (χ0v) is 17.8. The average molecular weight is 423 g/mol. The molecule has 0 aliphatic rings. The Hall–Kier alpha value is -2.96. The van der Waals surface area contributed by atoms with Gasteiger partial charge < -0.3 is 5.32 Å². The molecule has 0 fully saturated rings. The molecule has 1 N–H and O–H groups in total. The van der Waals surface area contributed by atoms with Gasteiger partial charge in [-0.1, -0.05) is 73.7 Å². The molecule has 0 radical (unpaired) electrons. The zero-order valence-electron chi connectivity index (χ0n) is 17.0. The molecule has 0 spiro atoms. The highest BCUT2D eigenvalue weighted by Crippen LogP contribution is 2.18. The van der Waals surface area contributed by atoms with Crippen molar-refractivity contribution in [2.24, 2.45) is 0 Å². The molecule has 0 aliphatic heterocycles. The van der Waals surface area contributed by atoms with E-state index in [1.54, 1.807) is 30.3 Å². The van der Waals surface area contributed by atoms with Crippen LogP contribution in [0.4, 0.5) is 5.69 Å². The minimum atomic E-state index is -3.80. The molecule has 0 bridgehead atoms. The van der Waals surface area contributed by atoms with Crippen LogP contribution in [-0.2, 0) is 27.7 Å². The predicted molar refractivity (Wildman–Crippen MR) is 120 cm³/mol. The van der Waals surface area contributed by atoms with Crippen molar-refractivity contribution in [3.63, 3.8) is 0 Å². The Balaban J connectivity index is 1.80. The van der Waals surface area contributed by atoms with E-state index in [9.17, 15) is 13.2 Å². The van der Waals surface area contributed by atoms with E-state index < -0.39 is 10.0 Å². The molecule has 3 aromatic carbocycles. The molecule has 0 unspecified atom stereocenters. The minimum absolute atomic E-state index is 0.180. The van der Waals surface area contributed by atoms with E-state index in [0.717, 1.165) is 17.5 Å². The van der Waals surface area contributed by atoms with E-state index in [0.29, 0.717) is 12.1 Å².